The van der Waals surface area contributed by atoms with Crippen molar-refractivity contribution >= 4 is 6.08 Å². The molecule has 1 aromatic carbocycles. The van der Waals surface area contributed by atoms with Crippen molar-refractivity contribution in [1.82, 2.24) is 0 Å². The second kappa shape index (κ2) is 6.19. The molecule has 3 heteroatoms. The summed E-state index contributed by atoms with van der Waals surface area (Å²) in [4.78, 5) is 0. The van der Waals surface area contributed by atoms with Crippen LogP contribution in [0.2, 0.25) is 0 Å². The van der Waals surface area contributed by atoms with Gasteiger partial charge in [0.1, 0.15) is 11.6 Å². The number of hydrogen-bond donors (Lipinski definition) is 1. The second-order valence-electron chi connectivity index (χ2n) is 3.22. The first-order chi connectivity index (χ1) is 7.27. The average Bonchev–Trinajstić information content (AvgIpc) is 2.25. The highest BCUT2D eigenvalue weighted by molar-refractivity contribution is 5.57. The number of unbranched alkanes of at least 4 members (excludes halogenated alkanes) is 1. The van der Waals surface area contributed by atoms with Crippen LogP contribution in [0.25, 0.3) is 6.08 Å². The number of benzene rings is 1. The topological polar surface area (TPSA) is 35.2 Å². The Morgan fingerprint density at radius 1 is 1.47 bits per heavy atom. The largest absolute Gasteiger partial charge is 0.496 e. The third-order valence-electron chi connectivity index (χ3n) is 2.06. The zero-order valence-corrected chi connectivity index (χ0v) is 8.87. The van der Waals surface area contributed by atoms with Crippen LogP contribution in [0, 0.1) is 5.82 Å². The molecule has 82 valence electrons. The molecular weight excluding hydrogens is 193 g/mol. The molecule has 0 atom stereocenters. The minimum Gasteiger partial charge on any atom is -0.496 e. The van der Waals surface area contributed by atoms with E-state index in [0.29, 0.717) is 12.3 Å². The molecule has 0 aliphatic rings. The van der Waals surface area contributed by atoms with Gasteiger partial charge >= 0.3 is 0 Å². The van der Waals surface area contributed by atoms with Crippen LogP contribution >= 0.6 is 0 Å². The molecule has 0 fully saturated rings. The Morgan fingerprint density at radius 2 is 2.27 bits per heavy atom. The van der Waals surface area contributed by atoms with Gasteiger partial charge in [0.15, 0.2) is 0 Å². The van der Waals surface area contributed by atoms with E-state index in [2.05, 4.69) is 0 Å². The lowest BCUT2D eigenvalue weighted by atomic mass is 10.1. The molecule has 0 saturated carbocycles. The lowest BCUT2D eigenvalue weighted by Crippen LogP contribution is -1.96. The minimum absolute atomic E-state index is 0.255. The average molecular weight is 209 g/mol. The monoisotopic (exact) mass is 209 g/mol. The zero-order chi connectivity index (χ0) is 11.1. The Morgan fingerprint density at radius 3 is 2.93 bits per heavy atom. The van der Waals surface area contributed by atoms with E-state index in [-0.39, 0.29) is 5.82 Å². The Balaban J connectivity index is 2.73. The van der Waals surface area contributed by atoms with Gasteiger partial charge in [-0.2, -0.15) is 0 Å². The molecule has 1 rings (SSSR count). The van der Waals surface area contributed by atoms with Crippen LogP contribution in [0.4, 0.5) is 4.39 Å². The fourth-order valence-electron chi connectivity index (χ4n) is 1.28. The van der Waals surface area contributed by atoms with Gasteiger partial charge in [0, 0.05) is 5.56 Å². The number of ether oxygens (including phenoxy) is 1. The highest BCUT2D eigenvalue weighted by Gasteiger charge is 2.00. The van der Waals surface area contributed by atoms with Crippen molar-refractivity contribution in [3.8, 4) is 5.75 Å². The van der Waals surface area contributed by atoms with Gasteiger partial charge in [-0.25, -0.2) is 4.39 Å². The van der Waals surface area contributed by atoms with E-state index in [4.69, 9.17) is 10.5 Å². The Hall–Kier alpha value is -1.35. The first-order valence-electron chi connectivity index (χ1n) is 4.98. The minimum atomic E-state index is -0.255. The van der Waals surface area contributed by atoms with E-state index < -0.39 is 0 Å². The molecule has 0 heterocycles. The van der Waals surface area contributed by atoms with Gasteiger partial charge in [0.25, 0.3) is 0 Å². The molecule has 0 amide bonds. The SMILES string of the molecule is COc1ccc(F)cc1/C=C/CCCN. The van der Waals surface area contributed by atoms with E-state index in [1.807, 2.05) is 12.2 Å². The van der Waals surface area contributed by atoms with E-state index >= 15 is 0 Å². The van der Waals surface area contributed by atoms with Crippen LogP contribution in [-0.2, 0) is 0 Å². The van der Waals surface area contributed by atoms with Crippen molar-refractivity contribution in [3.63, 3.8) is 0 Å². The van der Waals surface area contributed by atoms with Crippen molar-refractivity contribution in [1.29, 1.82) is 0 Å². The van der Waals surface area contributed by atoms with E-state index in [9.17, 15) is 4.39 Å². The quantitative estimate of drug-likeness (QED) is 0.756. The third kappa shape index (κ3) is 3.72. The van der Waals surface area contributed by atoms with E-state index in [0.717, 1.165) is 18.4 Å². The molecule has 2 N–H and O–H groups in total. The summed E-state index contributed by atoms with van der Waals surface area (Å²) < 4.78 is 18.1. The lowest BCUT2D eigenvalue weighted by Gasteiger charge is -2.04. The van der Waals surface area contributed by atoms with Crippen LogP contribution in [0.5, 0.6) is 5.75 Å². The maximum atomic E-state index is 12.9. The number of allylic oxidation sites excluding steroid dienone is 1. The second-order valence-corrected chi connectivity index (χ2v) is 3.22. The lowest BCUT2D eigenvalue weighted by molar-refractivity contribution is 0.412. The van der Waals surface area contributed by atoms with Crippen molar-refractivity contribution in [2.45, 2.75) is 12.8 Å². The Kier molecular flexibility index (Phi) is 4.84. The highest BCUT2D eigenvalue weighted by atomic mass is 19.1. The molecule has 0 saturated heterocycles. The zero-order valence-electron chi connectivity index (χ0n) is 8.87. The van der Waals surface area contributed by atoms with Crippen molar-refractivity contribution < 1.29 is 9.13 Å². The number of hydrogen-bond acceptors (Lipinski definition) is 2. The summed E-state index contributed by atoms with van der Waals surface area (Å²) in [6.45, 7) is 0.671. The molecule has 1 aromatic rings. The van der Waals surface area contributed by atoms with Gasteiger partial charge in [0.05, 0.1) is 7.11 Å². The summed E-state index contributed by atoms with van der Waals surface area (Å²) in [5, 5.41) is 0. The molecule has 0 aliphatic heterocycles. The molecule has 0 bridgehead atoms. The summed E-state index contributed by atoms with van der Waals surface area (Å²) in [6.07, 6.45) is 5.67. The summed E-state index contributed by atoms with van der Waals surface area (Å²) in [6, 6.07) is 4.46. The molecule has 0 aliphatic carbocycles. The molecule has 0 aromatic heterocycles. The maximum Gasteiger partial charge on any atom is 0.126 e. The molecule has 2 nitrogen and oxygen atoms in total. The van der Waals surface area contributed by atoms with Crippen LogP contribution in [0.15, 0.2) is 24.3 Å². The molecular formula is C12H16FNO. The fourth-order valence-corrected chi connectivity index (χ4v) is 1.28. The number of rotatable bonds is 5. The molecule has 15 heavy (non-hydrogen) atoms. The predicted molar refractivity (Wildman–Crippen MR) is 60.3 cm³/mol. The summed E-state index contributed by atoms with van der Waals surface area (Å²) in [7, 11) is 1.57. The predicted octanol–water partition coefficient (Wildman–Crippen LogP) is 2.59. The van der Waals surface area contributed by atoms with Gasteiger partial charge in [-0.15, -0.1) is 0 Å². The van der Waals surface area contributed by atoms with E-state index in [1.54, 1.807) is 13.2 Å². The van der Waals surface area contributed by atoms with Crippen LogP contribution in [0.1, 0.15) is 18.4 Å². The van der Waals surface area contributed by atoms with E-state index in [1.165, 1.54) is 12.1 Å². The van der Waals surface area contributed by atoms with Crippen molar-refractivity contribution in [2.75, 3.05) is 13.7 Å². The molecule has 0 radical (unpaired) electrons. The smallest absolute Gasteiger partial charge is 0.126 e. The maximum absolute atomic E-state index is 12.9. The number of halogens is 1. The summed E-state index contributed by atoms with van der Waals surface area (Å²) >= 11 is 0. The Bertz CT molecular complexity index is 336. The van der Waals surface area contributed by atoms with Crippen LogP contribution < -0.4 is 10.5 Å². The van der Waals surface area contributed by atoms with Crippen LogP contribution in [0.3, 0.4) is 0 Å². The number of methoxy groups -OCH3 is 1. The standard InChI is InChI=1S/C12H16FNO/c1-15-12-7-6-11(13)9-10(12)5-3-2-4-8-14/h3,5-7,9H,2,4,8,14H2,1H3/b5-3+. The molecule has 0 unspecified atom stereocenters. The van der Waals surface area contributed by atoms with Gasteiger partial charge in [-0.3, -0.25) is 0 Å². The van der Waals surface area contributed by atoms with Gasteiger partial charge in [0.2, 0.25) is 0 Å². The summed E-state index contributed by atoms with van der Waals surface area (Å²) in [5.74, 6) is 0.426. The third-order valence-corrected chi connectivity index (χ3v) is 2.06. The normalized spacial score (nSPS) is 10.9. The highest BCUT2D eigenvalue weighted by Crippen LogP contribution is 2.20. The van der Waals surface area contributed by atoms with Gasteiger partial charge in [-0.1, -0.05) is 12.2 Å². The Labute approximate surface area is 89.6 Å². The van der Waals surface area contributed by atoms with Crippen LogP contribution in [-0.4, -0.2) is 13.7 Å². The van der Waals surface area contributed by atoms with Crippen molar-refractivity contribution in [2.24, 2.45) is 5.73 Å². The first-order valence-corrected chi connectivity index (χ1v) is 4.98. The number of nitrogens with two attached hydrogens (primary N) is 1. The summed E-state index contributed by atoms with van der Waals surface area (Å²) in [5.41, 5.74) is 6.13. The van der Waals surface area contributed by atoms with Crippen molar-refractivity contribution in [3.05, 3.63) is 35.7 Å². The first kappa shape index (κ1) is 11.7. The fraction of sp³-hybridized carbons (Fsp3) is 0.333. The molecule has 0 spiro atoms. The van der Waals surface area contributed by atoms with Gasteiger partial charge < -0.3 is 10.5 Å². The van der Waals surface area contributed by atoms with Gasteiger partial charge in [-0.05, 0) is 37.6 Å².